The molecule has 0 aliphatic carbocycles. The summed E-state index contributed by atoms with van der Waals surface area (Å²) < 4.78 is 32.0. The normalized spacial score (nSPS) is 11.0. The van der Waals surface area contributed by atoms with Crippen molar-refractivity contribution in [2.24, 2.45) is 0 Å². The monoisotopic (exact) mass is 468 g/mol. The number of hydrogen-bond donors (Lipinski definition) is 0. The van der Waals surface area contributed by atoms with E-state index >= 15 is 0 Å². The largest absolute Gasteiger partial charge is 0.469 e. The molecular weight excluding hydrogens is 450 g/mol. The third kappa shape index (κ3) is 4.64. The zero-order valence-corrected chi connectivity index (χ0v) is 19.0. The molecule has 0 amide bonds. The zero-order valence-electron chi connectivity index (χ0n) is 17.4. The first-order valence-corrected chi connectivity index (χ1v) is 11.1. The summed E-state index contributed by atoms with van der Waals surface area (Å²) in [5.74, 6) is -1.50. The number of rotatable bonds is 5. The van der Waals surface area contributed by atoms with Crippen LogP contribution in [-0.4, -0.2) is 13.1 Å². The number of hydrogen-bond acceptors (Lipinski definition) is 3. The Hall–Kier alpha value is -2.89. The van der Waals surface area contributed by atoms with Crippen LogP contribution in [0, 0.1) is 18.6 Å². The lowest BCUT2D eigenvalue weighted by Crippen LogP contribution is -2.06. The van der Waals surface area contributed by atoms with Crippen molar-refractivity contribution < 1.29 is 18.3 Å². The van der Waals surface area contributed by atoms with Crippen molar-refractivity contribution in [2.75, 3.05) is 7.11 Å². The van der Waals surface area contributed by atoms with Crippen LogP contribution in [0.15, 0.2) is 76.5 Å². The van der Waals surface area contributed by atoms with Crippen LogP contribution in [0.3, 0.4) is 0 Å². The molecule has 4 rings (SSSR count). The van der Waals surface area contributed by atoms with Crippen LogP contribution in [0.4, 0.5) is 8.78 Å². The molecule has 0 saturated carbocycles. The summed E-state index contributed by atoms with van der Waals surface area (Å²) in [7, 11) is 1.37. The summed E-state index contributed by atoms with van der Waals surface area (Å²) in [6, 6.07) is 18.9. The van der Waals surface area contributed by atoms with Crippen LogP contribution in [-0.2, 0) is 16.0 Å². The minimum atomic E-state index is -0.602. The van der Waals surface area contributed by atoms with Gasteiger partial charge in [-0.3, -0.25) is 4.79 Å². The fourth-order valence-electron chi connectivity index (χ4n) is 3.69. The Balaban J connectivity index is 1.77. The topological polar surface area (TPSA) is 26.3 Å². The van der Waals surface area contributed by atoms with Gasteiger partial charge in [0.05, 0.1) is 13.5 Å². The maximum Gasteiger partial charge on any atom is 0.309 e. The summed E-state index contributed by atoms with van der Waals surface area (Å²) in [4.78, 5) is 13.1. The number of carbonyl (C=O) groups is 1. The molecule has 0 fully saturated rings. The third-order valence-corrected chi connectivity index (χ3v) is 6.59. The Kier molecular flexibility index (Phi) is 6.49. The highest BCUT2D eigenvalue weighted by Gasteiger charge is 2.15. The van der Waals surface area contributed by atoms with Gasteiger partial charge in [-0.1, -0.05) is 47.6 Å². The van der Waals surface area contributed by atoms with Gasteiger partial charge >= 0.3 is 5.97 Å². The lowest BCUT2D eigenvalue weighted by molar-refractivity contribution is -0.139. The van der Waals surface area contributed by atoms with Crippen LogP contribution in [0.2, 0.25) is 5.02 Å². The van der Waals surface area contributed by atoms with E-state index in [0.29, 0.717) is 9.92 Å². The van der Waals surface area contributed by atoms with Gasteiger partial charge in [0, 0.05) is 20.9 Å². The highest BCUT2D eigenvalue weighted by Crippen LogP contribution is 2.38. The van der Waals surface area contributed by atoms with Crippen LogP contribution in [0.1, 0.15) is 11.1 Å². The van der Waals surface area contributed by atoms with E-state index < -0.39 is 11.6 Å². The molecule has 0 atom stereocenters. The van der Waals surface area contributed by atoms with Crippen molar-refractivity contribution in [3.63, 3.8) is 0 Å². The van der Waals surface area contributed by atoms with Crippen LogP contribution in [0.5, 0.6) is 0 Å². The summed E-state index contributed by atoms with van der Waals surface area (Å²) in [5, 5.41) is 2.58. The molecule has 0 bridgehead atoms. The molecule has 0 spiro atoms. The summed E-state index contributed by atoms with van der Waals surface area (Å²) in [5.41, 5.74) is 3.78. The van der Waals surface area contributed by atoms with Gasteiger partial charge in [0.25, 0.3) is 0 Å². The van der Waals surface area contributed by atoms with Gasteiger partial charge in [-0.15, -0.1) is 0 Å². The van der Waals surface area contributed by atoms with Gasteiger partial charge < -0.3 is 4.74 Å². The minimum absolute atomic E-state index is 0.172. The van der Waals surface area contributed by atoms with Crippen molar-refractivity contribution in [3.05, 3.63) is 94.5 Å². The van der Waals surface area contributed by atoms with Crippen LogP contribution in [0.25, 0.3) is 21.9 Å². The molecule has 2 nitrogen and oxygen atoms in total. The molecule has 0 saturated heterocycles. The predicted octanol–water partition coefficient (Wildman–Crippen LogP) is 7.61. The van der Waals surface area contributed by atoms with Gasteiger partial charge in [-0.05, 0) is 76.3 Å². The van der Waals surface area contributed by atoms with E-state index in [0.717, 1.165) is 44.0 Å². The average molecular weight is 469 g/mol. The first-order chi connectivity index (χ1) is 15.4. The Morgan fingerprint density at radius 3 is 2.44 bits per heavy atom. The molecule has 0 aliphatic rings. The molecule has 4 aromatic rings. The molecule has 6 heteroatoms. The number of fused-ring (bicyclic) bond motifs is 1. The summed E-state index contributed by atoms with van der Waals surface area (Å²) >= 11 is 7.51. The Morgan fingerprint density at radius 2 is 1.75 bits per heavy atom. The van der Waals surface area contributed by atoms with Gasteiger partial charge in [-0.2, -0.15) is 0 Å². The molecule has 0 aromatic heterocycles. The van der Waals surface area contributed by atoms with Crippen molar-refractivity contribution in [3.8, 4) is 11.1 Å². The van der Waals surface area contributed by atoms with Crippen molar-refractivity contribution in [1.82, 2.24) is 0 Å². The van der Waals surface area contributed by atoms with E-state index in [1.807, 2.05) is 55.5 Å². The van der Waals surface area contributed by atoms with E-state index in [1.54, 1.807) is 0 Å². The number of methoxy groups -OCH3 is 1. The Morgan fingerprint density at radius 1 is 1.00 bits per heavy atom. The number of benzene rings is 4. The van der Waals surface area contributed by atoms with E-state index in [1.165, 1.54) is 31.0 Å². The maximum atomic E-state index is 14.0. The molecule has 0 N–H and O–H groups in total. The van der Waals surface area contributed by atoms with Crippen molar-refractivity contribution in [1.29, 1.82) is 0 Å². The summed E-state index contributed by atoms with van der Waals surface area (Å²) in [6.07, 6.45) is 0.172. The molecule has 0 heterocycles. The second kappa shape index (κ2) is 9.31. The lowest BCUT2D eigenvalue weighted by atomic mass is 9.89. The minimum Gasteiger partial charge on any atom is -0.469 e. The molecule has 4 aromatic carbocycles. The van der Waals surface area contributed by atoms with E-state index in [9.17, 15) is 13.6 Å². The molecule has 0 unspecified atom stereocenters. The average Bonchev–Trinajstić information content (AvgIpc) is 2.77. The number of esters is 1. The predicted molar refractivity (Wildman–Crippen MR) is 125 cm³/mol. The van der Waals surface area contributed by atoms with Crippen LogP contribution < -0.4 is 0 Å². The van der Waals surface area contributed by atoms with Gasteiger partial charge in [0.15, 0.2) is 0 Å². The van der Waals surface area contributed by atoms with Crippen LogP contribution >= 0.6 is 23.4 Å². The second-order valence-corrected chi connectivity index (χ2v) is 8.91. The summed E-state index contributed by atoms with van der Waals surface area (Å²) in [6.45, 7) is 1.98. The third-order valence-electron chi connectivity index (χ3n) is 5.30. The maximum absolute atomic E-state index is 14.0. The number of halogens is 3. The highest BCUT2D eigenvalue weighted by atomic mass is 35.5. The molecule has 162 valence electrons. The first kappa shape index (κ1) is 22.3. The molecule has 32 heavy (non-hydrogen) atoms. The number of carbonyl (C=O) groups excluding carboxylic acids is 1. The van der Waals surface area contributed by atoms with Gasteiger partial charge in [-0.25, -0.2) is 8.78 Å². The molecule has 0 aliphatic heterocycles. The molecular formula is C26H19ClF2O2S. The first-order valence-electron chi connectivity index (χ1n) is 9.87. The Bertz CT molecular complexity index is 1320. The second-order valence-electron chi connectivity index (χ2n) is 7.36. The standard InChI is InChI=1S/C26H19ClF2O2S/c1-15-18(12-25(30)31-2)11-17-3-6-19(27)13-22(17)26(15)16-4-8-21(9-5-16)32-24-10-7-20(28)14-23(24)29/h3-11,13-14H,12H2,1-2H3. The van der Waals surface area contributed by atoms with Crippen molar-refractivity contribution >= 4 is 40.1 Å². The smallest absolute Gasteiger partial charge is 0.309 e. The molecule has 0 radical (unpaired) electrons. The zero-order chi connectivity index (χ0) is 22.8. The van der Waals surface area contributed by atoms with E-state index in [2.05, 4.69) is 0 Å². The van der Waals surface area contributed by atoms with Gasteiger partial charge in [0.2, 0.25) is 0 Å². The van der Waals surface area contributed by atoms with E-state index in [4.69, 9.17) is 16.3 Å². The fraction of sp³-hybridized carbons (Fsp3) is 0.115. The highest BCUT2D eigenvalue weighted by molar-refractivity contribution is 7.99. The fourth-order valence-corrected chi connectivity index (χ4v) is 4.68. The Labute approximate surface area is 194 Å². The van der Waals surface area contributed by atoms with Crippen molar-refractivity contribution in [2.45, 2.75) is 23.1 Å². The number of ether oxygens (including phenoxy) is 1. The quantitative estimate of drug-likeness (QED) is 0.282. The lowest BCUT2D eigenvalue weighted by Gasteiger charge is -2.16. The van der Waals surface area contributed by atoms with Gasteiger partial charge in [0.1, 0.15) is 11.6 Å². The SMILES string of the molecule is COC(=O)Cc1cc2ccc(Cl)cc2c(-c2ccc(Sc3ccc(F)cc3F)cc2)c1C. The van der Waals surface area contributed by atoms with E-state index in [-0.39, 0.29) is 12.4 Å².